The van der Waals surface area contributed by atoms with E-state index in [0.29, 0.717) is 12.1 Å². The Hall–Kier alpha value is -9.73. The number of nitrogens with two attached hydrogens (primary N) is 2. The van der Waals surface area contributed by atoms with Gasteiger partial charge >= 0.3 is 0 Å². The number of aromatic hydroxyl groups is 2. The van der Waals surface area contributed by atoms with E-state index < -0.39 is 125 Å². The second-order valence-electron chi connectivity index (χ2n) is 16.3. The van der Waals surface area contributed by atoms with E-state index in [-0.39, 0.29) is 65.5 Å². The summed E-state index contributed by atoms with van der Waals surface area (Å²) in [4.78, 5) is 16.9. The molecule has 0 unspecified atom stereocenters. The Morgan fingerprint density at radius 2 is 0.691 bits per heavy atom. The summed E-state index contributed by atoms with van der Waals surface area (Å²) in [6.07, 6.45) is 0. The van der Waals surface area contributed by atoms with E-state index in [1.54, 1.807) is 0 Å². The lowest BCUT2D eigenvalue weighted by Crippen LogP contribution is -2.01. The largest absolute Gasteiger partial charge is 0.505 e. The van der Waals surface area contributed by atoms with Crippen molar-refractivity contribution in [2.24, 2.45) is 40.9 Å². The Bertz CT molecular complexity index is 4460. The molecular formula is C44H30N12O20S5. The Morgan fingerprint density at radius 3 is 1.00 bits per heavy atom. The lowest BCUT2D eigenvalue weighted by Gasteiger charge is -2.12. The first-order chi connectivity index (χ1) is 37.7. The van der Waals surface area contributed by atoms with Gasteiger partial charge in [0.15, 0.2) is 22.9 Å². The molecule has 0 fully saturated rings. The number of phenolic OH excluding ortho intramolecular Hbond substituents is 2. The van der Waals surface area contributed by atoms with Crippen molar-refractivity contribution < 1.29 is 80.4 Å². The minimum absolute atomic E-state index is 0.135. The number of fused-ring (bicyclic) bond motifs is 2. The first-order valence-corrected chi connectivity index (χ1v) is 28.8. The average Bonchev–Trinajstić information content (AvgIpc) is 3.59. The van der Waals surface area contributed by atoms with Crippen LogP contribution in [-0.2, 0) is 50.3 Å². The predicted octanol–water partition coefficient (Wildman–Crippen LogP) is 9.87. The van der Waals surface area contributed by atoms with Crippen molar-refractivity contribution in [1.82, 2.24) is 0 Å². The number of hydrogen-bond acceptors (Lipinski definition) is 26. The third-order valence-electron chi connectivity index (χ3n) is 11.2. The van der Waals surface area contributed by atoms with Crippen molar-refractivity contribution in [2.45, 2.75) is 29.4 Å². The molecule has 0 saturated carbocycles. The van der Waals surface area contributed by atoms with Gasteiger partial charge in [0.1, 0.15) is 31.0 Å². The molecule has 416 valence electrons. The number of nitrogen functional groups attached to an aromatic ring is 2. The van der Waals surface area contributed by atoms with Crippen LogP contribution in [0.3, 0.4) is 0 Å². The minimum Gasteiger partial charge on any atom is -0.505 e. The highest BCUT2D eigenvalue weighted by atomic mass is 32.2. The smallest absolute Gasteiger partial charge is 0.298 e. The van der Waals surface area contributed by atoms with Gasteiger partial charge in [0.25, 0.3) is 51.8 Å². The molecule has 8 aromatic carbocycles. The Labute approximate surface area is 453 Å². The number of anilines is 2. The lowest BCUT2D eigenvalue weighted by molar-refractivity contribution is -0.384. The molecule has 0 bridgehead atoms. The van der Waals surface area contributed by atoms with Gasteiger partial charge in [-0.05, 0) is 109 Å². The van der Waals surface area contributed by atoms with Crippen molar-refractivity contribution in [2.75, 3.05) is 11.5 Å². The van der Waals surface area contributed by atoms with Crippen LogP contribution in [0.5, 0.6) is 11.5 Å². The summed E-state index contributed by atoms with van der Waals surface area (Å²) in [6.45, 7) is 0. The van der Waals surface area contributed by atoms with E-state index in [1.165, 1.54) is 12.1 Å². The molecule has 10 N–H and O–H groups in total. The molecule has 0 aliphatic heterocycles. The molecule has 37 heteroatoms. The zero-order valence-electron chi connectivity index (χ0n) is 39.6. The topological polar surface area (TPSA) is 529 Å². The predicted molar refractivity (Wildman–Crippen MR) is 281 cm³/mol. The number of sulfone groups is 1. The van der Waals surface area contributed by atoms with E-state index in [9.17, 15) is 90.7 Å². The summed E-state index contributed by atoms with van der Waals surface area (Å²) < 4.78 is 163. The summed E-state index contributed by atoms with van der Waals surface area (Å²) in [6, 6.07) is 19.3. The van der Waals surface area contributed by atoms with Crippen LogP contribution in [0.1, 0.15) is 0 Å². The SMILES string of the molecule is Nc1ccc(N=Nc2ccc(S(=O)(=O)O)cc2[N+](=O)[O-])c2cc(S(=O)(=O)O)c(N=Nc3ccc(S(=O)(=O)c4ccc(N=Nc5c(S(=O)(=O)O)cc6c(N=Nc7ccc(S(=O)(=O)O)cc7[N+](=O)[O-])ccc(N)c6c5O)cc4)cc3)c(O)c12. The number of nitrogens with zero attached hydrogens (tertiary/aromatic N) is 10. The molecule has 8 rings (SSSR count). The highest BCUT2D eigenvalue weighted by Crippen LogP contribution is 2.49. The molecule has 0 atom stereocenters. The number of rotatable bonds is 16. The van der Waals surface area contributed by atoms with Crippen LogP contribution in [0, 0.1) is 20.2 Å². The molecule has 0 aliphatic carbocycles. The van der Waals surface area contributed by atoms with Gasteiger partial charge in [-0.25, -0.2) is 8.42 Å². The monoisotopic (exact) mass is 1210 g/mol. The van der Waals surface area contributed by atoms with Crippen LogP contribution < -0.4 is 11.5 Å². The summed E-state index contributed by atoms with van der Waals surface area (Å²) in [7, 11) is -24.6. The van der Waals surface area contributed by atoms with Crippen molar-refractivity contribution in [1.29, 1.82) is 0 Å². The highest BCUT2D eigenvalue weighted by molar-refractivity contribution is 7.91. The van der Waals surface area contributed by atoms with Gasteiger partial charge in [-0.15, -0.1) is 30.7 Å². The van der Waals surface area contributed by atoms with Crippen LogP contribution in [0.25, 0.3) is 21.5 Å². The average molecular weight is 1210 g/mol. The number of benzene rings is 8. The van der Waals surface area contributed by atoms with Gasteiger partial charge in [-0.1, -0.05) is 0 Å². The fraction of sp³-hybridized carbons (Fsp3) is 0. The summed E-state index contributed by atoms with van der Waals surface area (Å²) in [5, 5.41) is 75.4. The minimum atomic E-state index is -5.28. The van der Waals surface area contributed by atoms with Crippen molar-refractivity contribution >= 4 is 140 Å². The molecule has 32 nitrogen and oxygen atoms in total. The van der Waals surface area contributed by atoms with E-state index in [2.05, 4.69) is 40.9 Å². The number of azo groups is 4. The highest BCUT2D eigenvalue weighted by Gasteiger charge is 2.28. The molecule has 0 amide bonds. The Kier molecular flexibility index (Phi) is 15.0. The van der Waals surface area contributed by atoms with Crippen LogP contribution in [0.2, 0.25) is 0 Å². The molecule has 0 saturated heterocycles. The summed E-state index contributed by atoms with van der Waals surface area (Å²) in [5.74, 6) is -1.94. The van der Waals surface area contributed by atoms with E-state index in [4.69, 9.17) is 11.5 Å². The Balaban J connectivity index is 1.05. The Morgan fingerprint density at radius 1 is 0.383 bits per heavy atom. The second kappa shape index (κ2) is 21.1. The maximum Gasteiger partial charge on any atom is 0.298 e. The third-order valence-corrected chi connectivity index (χ3v) is 16.5. The summed E-state index contributed by atoms with van der Waals surface area (Å²) >= 11 is 0. The number of nitro benzene ring substituents is 2. The number of hydrogen-bond donors (Lipinski definition) is 8. The van der Waals surface area contributed by atoms with Crippen LogP contribution in [0.4, 0.5) is 68.2 Å². The molecule has 0 aromatic heterocycles. The standard InChI is InChI=1S/C44H30N12O20S5/c45-29-11-15-31(49-51-33-13-9-25(78(65,66)67)17-35(33)55(59)60)27-19-37(80(71,72)73)41(43(57)39(27)29)53-47-21-1-5-23(6-2-21)77(63,64)24-7-3-22(4-8-24)48-54-42-38(81(74,75)76)20-28-32(16-12-30(46)40(28)44(42)58)50-52-34-14-10-26(79(68,69)70)18-36(34)56(61)62/h1-20,57-58H,45-46H2,(H,65,66,67)(H,68,69,70)(H,71,72,73)(H,74,75,76). The molecule has 0 aliphatic rings. The second-order valence-corrected chi connectivity index (χ2v) is 23.9. The molecule has 81 heavy (non-hydrogen) atoms. The van der Waals surface area contributed by atoms with E-state index in [0.717, 1.165) is 97.1 Å². The number of nitro groups is 2. The fourth-order valence-corrected chi connectivity index (χ4v) is 11.0. The zero-order chi connectivity index (χ0) is 59.3. The molecule has 0 heterocycles. The maximum absolute atomic E-state index is 13.7. The first kappa shape index (κ1) is 57.4. The maximum atomic E-state index is 13.7. The van der Waals surface area contributed by atoms with Crippen LogP contribution >= 0.6 is 0 Å². The normalized spacial score (nSPS) is 12.9. The quantitative estimate of drug-likeness (QED) is 0.0146. The summed E-state index contributed by atoms with van der Waals surface area (Å²) in [5.41, 5.74) is 6.37. The van der Waals surface area contributed by atoms with Crippen LogP contribution in [-0.4, -0.2) is 80.4 Å². The van der Waals surface area contributed by atoms with E-state index in [1.807, 2.05) is 0 Å². The zero-order valence-corrected chi connectivity index (χ0v) is 43.7. The van der Waals surface area contributed by atoms with Gasteiger partial charge in [-0.3, -0.25) is 38.4 Å². The third kappa shape index (κ3) is 11.8. The molecule has 8 aromatic rings. The van der Waals surface area contributed by atoms with Gasteiger partial charge in [0.05, 0.1) is 53.2 Å². The van der Waals surface area contributed by atoms with Gasteiger partial charge in [-0.2, -0.15) is 43.9 Å². The van der Waals surface area contributed by atoms with Gasteiger partial charge < -0.3 is 21.7 Å². The van der Waals surface area contributed by atoms with Gasteiger partial charge in [0, 0.05) is 34.3 Å². The first-order valence-electron chi connectivity index (χ1n) is 21.5. The van der Waals surface area contributed by atoms with Crippen LogP contribution in [0.15, 0.2) is 192 Å². The molecule has 0 spiro atoms. The number of phenols is 2. The lowest BCUT2D eigenvalue weighted by atomic mass is 10.0. The van der Waals surface area contributed by atoms with Crippen molar-refractivity contribution in [3.05, 3.63) is 142 Å². The molecular weight excluding hydrogens is 1180 g/mol. The van der Waals surface area contributed by atoms with Gasteiger partial charge in [0.2, 0.25) is 9.84 Å². The van der Waals surface area contributed by atoms with E-state index >= 15 is 0 Å². The fourth-order valence-electron chi connectivity index (χ4n) is 7.44. The van der Waals surface area contributed by atoms with Crippen molar-refractivity contribution in [3.63, 3.8) is 0 Å². The van der Waals surface area contributed by atoms with Crippen molar-refractivity contribution in [3.8, 4) is 11.5 Å². The molecule has 0 radical (unpaired) electrons.